The van der Waals surface area contributed by atoms with Gasteiger partial charge in [0.2, 0.25) is 0 Å². The average Bonchev–Trinajstić information content (AvgIpc) is 3.41. The molecular weight excluding hydrogens is 455 g/mol. The van der Waals surface area contributed by atoms with Gasteiger partial charge in [0.1, 0.15) is 0 Å². The quantitative estimate of drug-likeness (QED) is 0.232. The molecule has 0 radical (unpaired) electrons. The molecule has 2 nitrogen and oxygen atoms in total. The molecule has 1 saturated carbocycles. The summed E-state index contributed by atoms with van der Waals surface area (Å²) in [5.41, 5.74) is 12.0. The molecule has 0 bridgehead atoms. The molecule has 4 aliphatic rings. The summed E-state index contributed by atoms with van der Waals surface area (Å²) in [4.78, 5) is 5.28. The van der Waals surface area contributed by atoms with Crippen molar-refractivity contribution in [1.82, 2.24) is 0 Å². The number of hydrogen-bond acceptors (Lipinski definition) is 3. The van der Waals surface area contributed by atoms with Crippen molar-refractivity contribution in [1.29, 1.82) is 0 Å². The highest BCUT2D eigenvalue weighted by Crippen LogP contribution is 2.58. The highest BCUT2D eigenvalue weighted by molar-refractivity contribution is 7.26. The van der Waals surface area contributed by atoms with Crippen molar-refractivity contribution in [2.24, 2.45) is 0 Å². The largest absolute Gasteiger partial charge is 0.345 e. The van der Waals surface area contributed by atoms with Crippen LogP contribution in [-0.4, -0.2) is 19.3 Å². The van der Waals surface area contributed by atoms with E-state index >= 15 is 0 Å². The van der Waals surface area contributed by atoms with E-state index in [1.165, 1.54) is 85.0 Å². The van der Waals surface area contributed by atoms with Crippen LogP contribution < -0.4 is 26.2 Å². The minimum Gasteiger partial charge on any atom is -0.345 e. The van der Waals surface area contributed by atoms with Crippen LogP contribution >= 0.6 is 11.3 Å². The van der Waals surface area contributed by atoms with E-state index in [9.17, 15) is 0 Å². The van der Waals surface area contributed by atoms with Crippen molar-refractivity contribution in [2.45, 2.75) is 44.1 Å². The molecule has 3 aliphatic heterocycles. The van der Waals surface area contributed by atoms with E-state index in [1.807, 2.05) is 11.3 Å². The van der Waals surface area contributed by atoms with Crippen LogP contribution in [0.15, 0.2) is 72.8 Å². The zero-order chi connectivity index (χ0) is 23.8. The van der Waals surface area contributed by atoms with Gasteiger partial charge in [-0.3, -0.25) is 0 Å². The number of nitrogens with zero attached hydrogens (tertiary/aromatic N) is 2. The molecule has 174 valence electrons. The number of rotatable bonds is 0. The fraction of sp³-hybridized carbons (Fsp3) is 0.250. The van der Waals surface area contributed by atoms with E-state index in [0.29, 0.717) is 5.92 Å². The second kappa shape index (κ2) is 6.55. The van der Waals surface area contributed by atoms with Crippen LogP contribution in [0.25, 0.3) is 20.2 Å². The van der Waals surface area contributed by atoms with Gasteiger partial charge in [-0.2, -0.15) is 0 Å². The number of fused-ring (bicyclic) bond motifs is 11. The summed E-state index contributed by atoms with van der Waals surface area (Å²) in [5, 5.41) is 2.80. The fourth-order valence-corrected chi connectivity index (χ4v) is 9.52. The average molecular weight is 482 g/mol. The zero-order valence-electron chi connectivity index (χ0n) is 20.7. The smallest absolute Gasteiger partial charge is 0.252 e. The Hall–Kier alpha value is -3.24. The van der Waals surface area contributed by atoms with E-state index in [1.54, 1.807) is 5.56 Å². The van der Waals surface area contributed by atoms with E-state index in [0.717, 1.165) is 0 Å². The monoisotopic (exact) mass is 482 g/mol. The topological polar surface area (TPSA) is 6.48 Å². The molecule has 2 unspecified atom stereocenters. The Morgan fingerprint density at radius 1 is 0.833 bits per heavy atom. The van der Waals surface area contributed by atoms with Crippen molar-refractivity contribution in [3.8, 4) is 0 Å². The van der Waals surface area contributed by atoms with Gasteiger partial charge in [0.05, 0.1) is 0 Å². The van der Waals surface area contributed by atoms with Gasteiger partial charge in [-0.05, 0) is 66.0 Å². The summed E-state index contributed by atoms with van der Waals surface area (Å²) >= 11 is 1.92. The Labute approximate surface area is 216 Å². The van der Waals surface area contributed by atoms with Gasteiger partial charge in [-0.1, -0.05) is 61.4 Å². The first-order valence-electron chi connectivity index (χ1n) is 13.4. The Morgan fingerprint density at radius 2 is 1.67 bits per heavy atom. The maximum Gasteiger partial charge on any atom is 0.252 e. The zero-order valence-corrected chi connectivity index (χ0v) is 21.5. The van der Waals surface area contributed by atoms with Crippen LogP contribution in [0.2, 0.25) is 0 Å². The number of benzene rings is 4. The lowest BCUT2D eigenvalue weighted by Crippen LogP contribution is -2.63. The number of anilines is 4. The maximum absolute atomic E-state index is 2.79. The number of thiophene rings is 1. The Balaban J connectivity index is 1.42. The second-order valence-electron chi connectivity index (χ2n) is 11.5. The lowest BCUT2D eigenvalue weighted by Gasteiger charge is -2.49. The summed E-state index contributed by atoms with van der Waals surface area (Å²) in [6.45, 7) is 2.82. The molecule has 5 aromatic rings. The van der Waals surface area contributed by atoms with Gasteiger partial charge in [0.15, 0.2) is 0 Å². The van der Waals surface area contributed by atoms with E-state index < -0.39 is 0 Å². The van der Waals surface area contributed by atoms with E-state index in [-0.39, 0.29) is 12.3 Å². The van der Waals surface area contributed by atoms with Crippen molar-refractivity contribution < 1.29 is 0 Å². The summed E-state index contributed by atoms with van der Waals surface area (Å²) in [5.74, 6) is 0.623. The standard InChI is InChI=1S/C32H27BN2S/c1-32-18-6-5-11-21(32)19-10-7-12-22-30(19)35(32)25-14-8-13-24-29(25)33(22)23-16-17-27-28(31(23)34(24)2)20-9-3-4-15-26(20)36-27/h3-4,7-10,12-17,21H,5-6,11,18H2,1-2H3. The molecule has 1 aromatic heterocycles. The molecule has 0 spiro atoms. The normalized spacial score (nSPS) is 23.1. The van der Waals surface area contributed by atoms with E-state index in [2.05, 4.69) is 96.6 Å². The van der Waals surface area contributed by atoms with Gasteiger partial charge < -0.3 is 9.80 Å². The van der Waals surface area contributed by atoms with Gasteiger partial charge in [0, 0.05) is 61.4 Å². The molecule has 4 heteroatoms. The maximum atomic E-state index is 2.79. The SMILES string of the molecule is CN1c2cccc3c2B(c2cccc4c2N3C2(C)CCCCC42)c2ccc3sc4ccccc4c3c21. The summed E-state index contributed by atoms with van der Waals surface area (Å²) in [6, 6.07) is 28.0. The van der Waals surface area contributed by atoms with Crippen LogP contribution in [0.4, 0.5) is 22.7 Å². The van der Waals surface area contributed by atoms with Gasteiger partial charge in [-0.25, -0.2) is 0 Å². The molecule has 0 saturated heterocycles. The van der Waals surface area contributed by atoms with Gasteiger partial charge in [-0.15, -0.1) is 11.3 Å². The summed E-state index contributed by atoms with van der Waals surface area (Å²) in [7, 11) is 2.29. The molecule has 0 N–H and O–H groups in total. The third-order valence-electron chi connectivity index (χ3n) is 9.84. The molecule has 2 atom stereocenters. The predicted octanol–water partition coefficient (Wildman–Crippen LogP) is 6.53. The molecular formula is C32H27BN2S. The van der Waals surface area contributed by atoms with Crippen LogP contribution in [-0.2, 0) is 0 Å². The second-order valence-corrected chi connectivity index (χ2v) is 12.5. The first-order chi connectivity index (χ1) is 17.7. The third kappa shape index (κ3) is 2.14. The summed E-state index contributed by atoms with van der Waals surface area (Å²) < 4.78 is 2.76. The highest BCUT2D eigenvalue weighted by atomic mass is 32.1. The first-order valence-corrected chi connectivity index (χ1v) is 14.2. The van der Waals surface area contributed by atoms with Crippen molar-refractivity contribution in [2.75, 3.05) is 16.8 Å². The van der Waals surface area contributed by atoms with Crippen LogP contribution in [0.3, 0.4) is 0 Å². The molecule has 0 amide bonds. The van der Waals surface area contributed by atoms with Crippen molar-refractivity contribution in [3.63, 3.8) is 0 Å². The first kappa shape index (κ1) is 19.9. The molecule has 36 heavy (non-hydrogen) atoms. The highest BCUT2D eigenvalue weighted by Gasteiger charge is 2.55. The molecule has 1 aliphatic carbocycles. The van der Waals surface area contributed by atoms with Crippen LogP contribution in [0.1, 0.15) is 44.1 Å². The Morgan fingerprint density at radius 3 is 2.61 bits per heavy atom. The third-order valence-corrected chi connectivity index (χ3v) is 11.0. The number of hydrogen-bond donors (Lipinski definition) is 0. The molecule has 4 aromatic carbocycles. The summed E-state index contributed by atoms with van der Waals surface area (Å²) in [6.07, 6.45) is 5.26. The fourth-order valence-electron chi connectivity index (χ4n) is 8.41. The van der Waals surface area contributed by atoms with Gasteiger partial charge >= 0.3 is 0 Å². The predicted molar refractivity (Wildman–Crippen MR) is 157 cm³/mol. The lowest BCUT2D eigenvalue weighted by molar-refractivity contribution is 0.291. The van der Waals surface area contributed by atoms with Crippen LogP contribution in [0.5, 0.6) is 0 Å². The number of para-hydroxylation sites is 1. The van der Waals surface area contributed by atoms with Crippen molar-refractivity contribution >= 4 is 77.4 Å². The Bertz CT molecular complexity index is 1770. The molecule has 9 rings (SSSR count). The lowest BCUT2D eigenvalue weighted by atomic mass is 9.33. The van der Waals surface area contributed by atoms with E-state index in [4.69, 9.17) is 0 Å². The van der Waals surface area contributed by atoms with Crippen LogP contribution in [0, 0.1) is 0 Å². The Kier molecular flexibility index (Phi) is 3.62. The van der Waals surface area contributed by atoms with Crippen molar-refractivity contribution in [3.05, 3.63) is 78.4 Å². The minimum atomic E-state index is 0.170. The van der Waals surface area contributed by atoms with Gasteiger partial charge in [0.25, 0.3) is 6.71 Å². The minimum absolute atomic E-state index is 0.170. The molecule has 4 heterocycles. The molecule has 1 fully saturated rings.